The maximum absolute atomic E-state index is 9.97. The molecule has 3 heterocycles. The van der Waals surface area contributed by atoms with E-state index in [1.807, 2.05) is 34.6 Å². The van der Waals surface area contributed by atoms with Gasteiger partial charge in [-0.2, -0.15) is 15.8 Å². The molecule has 9 aromatic carbocycles. The van der Waals surface area contributed by atoms with Gasteiger partial charge in [0.2, 0.25) is 0 Å². The molecular weight excluding hydrogens is 1420 g/mol. The lowest BCUT2D eigenvalue weighted by Gasteiger charge is -2.31. The Labute approximate surface area is 672 Å². The van der Waals surface area contributed by atoms with Crippen LogP contribution in [-0.4, -0.2) is 42.7 Å². The van der Waals surface area contributed by atoms with E-state index in [-0.39, 0.29) is 48.7 Å². The van der Waals surface area contributed by atoms with Crippen LogP contribution in [0.4, 0.5) is 0 Å². The monoisotopic (exact) mass is 1530 g/mol. The summed E-state index contributed by atoms with van der Waals surface area (Å²) in [6.45, 7) is 46.1. The van der Waals surface area contributed by atoms with Crippen molar-refractivity contribution in [2.24, 2.45) is 0 Å². The Morgan fingerprint density at radius 2 is 0.386 bits per heavy atom. The molecule has 0 N–H and O–H groups in total. The third-order valence-corrected chi connectivity index (χ3v) is 28.2. The summed E-state index contributed by atoms with van der Waals surface area (Å²) in [5, 5.41) is 29.8. The molecule has 588 valence electrons. The van der Waals surface area contributed by atoms with Gasteiger partial charge in [-0.05, 0) is 323 Å². The van der Waals surface area contributed by atoms with Gasteiger partial charge < -0.3 is 56.8 Å². The standard InChI is InChI=1S/C33H32N2O4.C33H35NO4.C33H38O4/c1-17-18(2)20(14-35)30-29(19(17)13-34)38-27-10-22-24(12-28(27)39-30)33(16-32(22,5)6)15-31(3,4)21-9-25(36-7)26(37-8)11-23(21)33;1-17-18(2)20(14-34)30-29(19(17)3)37-28-13-24-22(11-27(28)38-30)32(6,7)16-33(24)15-31(4,5)21-10-25(35-8)26(36-9)12-23(21)33;1-17-18(2)20(4)30-29(19(17)3)36-27-12-22-24(14-28(27)37-30)33(16-32(22,7)8)15-31(5,6)21-11-25(34-9)26(35-10)13-23(21)33/h9-12H,15-16H2,1-8H3;10-13H,15-16H2,1-9H3;11-14H,15-16H2,1-10H3. The maximum Gasteiger partial charge on any atom is 0.189 e. The fraction of sp³-hybridized carbons (Fsp3) is 0.424. The van der Waals surface area contributed by atoms with E-state index >= 15 is 0 Å². The molecular formula is C99H105N3O12. The summed E-state index contributed by atoms with van der Waals surface area (Å²) in [5.41, 5.74) is 25.1. The molecule has 114 heavy (non-hydrogen) atoms. The van der Waals surface area contributed by atoms with E-state index in [0.29, 0.717) is 62.7 Å². The topological polar surface area (TPSA) is 182 Å². The number of ether oxygens (including phenoxy) is 12. The molecule has 3 aliphatic heterocycles. The molecule has 0 amide bonds. The van der Waals surface area contributed by atoms with Gasteiger partial charge in [-0.3, -0.25) is 0 Å². The fourth-order valence-electron chi connectivity index (χ4n) is 22.4. The van der Waals surface area contributed by atoms with Gasteiger partial charge in [-0.1, -0.05) is 83.1 Å². The van der Waals surface area contributed by atoms with Gasteiger partial charge in [-0.15, -0.1) is 0 Å². The molecule has 0 saturated heterocycles. The molecule has 18 rings (SSSR count). The lowest BCUT2D eigenvalue weighted by molar-refractivity contribution is 0.346. The Morgan fingerprint density at radius 1 is 0.228 bits per heavy atom. The lowest BCUT2D eigenvalue weighted by atomic mass is 9.72. The third kappa shape index (κ3) is 10.7. The summed E-state index contributed by atoms with van der Waals surface area (Å²) in [6.07, 6.45) is 5.84. The summed E-state index contributed by atoms with van der Waals surface area (Å²) in [5.74, 6) is 12.2. The lowest BCUT2D eigenvalue weighted by Crippen LogP contribution is -2.27. The number of hydrogen-bond donors (Lipinski definition) is 0. The van der Waals surface area contributed by atoms with Gasteiger partial charge in [-0.25, -0.2) is 0 Å². The summed E-state index contributed by atoms with van der Waals surface area (Å²) in [4.78, 5) is 0. The number of benzene rings is 9. The predicted molar refractivity (Wildman–Crippen MR) is 443 cm³/mol. The highest BCUT2D eigenvalue weighted by Crippen LogP contribution is 2.71. The van der Waals surface area contributed by atoms with E-state index in [1.54, 1.807) is 42.7 Å². The number of rotatable bonds is 6. The smallest absolute Gasteiger partial charge is 0.189 e. The van der Waals surface area contributed by atoms with Crippen molar-refractivity contribution in [1.82, 2.24) is 0 Å². The minimum atomic E-state index is -0.255. The van der Waals surface area contributed by atoms with Crippen molar-refractivity contribution in [2.75, 3.05) is 42.7 Å². The van der Waals surface area contributed by atoms with Crippen molar-refractivity contribution >= 4 is 0 Å². The molecule has 3 unspecified atom stereocenters. The van der Waals surface area contributed by atoms with Gasteiger partial charge in [0.15, 0.2) is 103 Å². The Morgan fingerprint density at radius 3 is 0.605 bits per heavy atom. The minimum absolute atomic E-state index is 0.00518. The highest BCUT2D eigenvalue weighted by Gasteiger charge is 2.61. The molecule has 0 radical (unpaired) electrons. The quantitative estimate of drug-likeness (QED) is 0.153. The van der Waals surface area contributed by atoms with Crippen LogP contribution < -0.4 is 56.8 Å². The maximum atomic E-state index is 9.97. The van der Waals surface area contributed by atoms with Crippen molar-refractivity contribution in [3.8, 4) is 122 Å². The third-order valence-electron chi connectivity index (χ3n) is 28.2. The van der Waals surface area contributed by atoms with Crippen molar-refractivity contribution in [1.29, 1.82) is 15.8 Å². The zero-order valence-corrected chi connectivity index (χ0v) is 71.4. The predicted octanol–water partition coefficient (Wildman–Crippen LogP) is 24.1. The summed E-state index contributed by atoms with van der Waals surface area (Å²) < 4.78 is 73.5. The van der Waals surface area contributed by atoms with Crippen molar-refractivity contribution in [3.63, 3.8) is 0 Å². The zero-order valence-electron chi connectivity index (χ0n) is 71.4. The van der Waals surface area contributed by atoms with Gasteiger partial charge in [0.1, 0.15) is 34.9 Å². The first-order valence-corrected chi connectivity index (χ1v) is 39.7. The van der Waals surface area contributed by atoms with Crippen LogP contribution >= 0.6 is 0 Å². The molecule has 0 bridgehead atoms. The summed E-state index contributed by atoms with van der Waals surface area (Å²) in [7, 11) is 10.2. The van der Waals surface area contributed by atoms with E-state index < -0.39 is 0 Å². The summed E-state index contributed by atoms with van der Waals surface area (Å²) in [6, 6.07) is 33.0. The number of hydrogen-bond acceptors (Lipinski definition) is 15. The van der Waals surface area contributed by atoms with E-state index in [0.717, 1.165) is 135 Å². The molecule has 6 aliphatic carbocycles. The van der Waals surface area contributed by atoms with Crippen LogP contribution in [0.15, 0.2) is 72.8 Å². The Balaban J connectivity index is 0.000000129. The van der Waals surface area contributed by atoms with Crippen LogP contribution in [0.5, 0.6) is 103 Å². The van der Waals surface area contributed by atoms with E-state index in [9.17, 15) is 15.8 Å². The molecule has 9 aromatic rings. The average Bonchev–Trinajstić information content (AvgIpc) is 1.53. The largest absolute Gasteiger partial charge is 0.493 e. The first-order chi connectivity index (χ1) is 53.6. The highest BCUT2D eigenvalue weighted by atomic mass is 16.6. The van der Waals surface area contributed by atoms with Crippen LogP contribution in [0.2, 0.25) is 0 Å². The van der Waals surface area contributed by atoms with Gasteiger partial charge in [0.05, 0.1) is 42.7 Å². The second kappa shape index (κ2) is 25.5. The summed E-state index contributed by atoms with van der Waals surface area (Å²) >= 11 is 0. The molecule has 3 spiro atoms. The van der Waals surface area contributed by atoms with E-state index in [4.69, 9.17) is 56.8 Å². The van der Waals surface area contributed by atoms with Crippen molar-refractivity contribution < 1.29 is 56.8 Å². The molecule has 9 aliphatic rings. The normalized spacial score (nSPS) is 20.9. The fourth-order valence-corrected chi connectivity index (χ4v) is 22.4. The van der Waals surface area contributed by atoms with Crippen LogP contribution in [0, 0.1) is 96.3 Å². The first kappa shape index (κ1) is 77.0. The Hall–Kier alpha value is -11.0. The minimum Gasteiger partial charge on any atom is -0.493 e. The Bertz CT molecular complexity index is 5900. The number of nitrogens with zero attached hydrogens (tertiary/aromatic N) is 3. The molecule has 15 heteroatoms. The second-order valence-corrected chi connectivity index (χ2v) is 37.6. The molecule has 3 atom stereocenters. The molecule has 0 saturated carbocycles. The van der Waals surface area contributed by atoms with Crippen LogP contribution in [-0.2, 0) is 48.7 Å². The van der Waals surface area contributed by atoms with Crippen molar-refractivity contribution in [2.45, 2.75) is 233 Å². The van der Waals surface area contributed by atoms with Gasteiger partial charge in [0.25, 0.3) is 0 Å². The zero-order chi connectivity index (χ0) is 82.1. The SMILES string of the molecule is COc1cc2c(cc1OC)C1(CC2(C)C)CC(C)(C)c2cc3c(cc21)Oc1c(C#N)c(C)c(C)c(C#N)c1O3.COc1cc2c(cc1OC)C1(CC2(C)C)CC(C)(C)c2cc3c(cc21)Oc1c(C)c(C)c(C)c(C#N)c1O3.COc1cc2c(cc1OC)C1(CC2(C)C)CC(C)(C)c2cc3c(cc21)Oc1c(C)c(C)c(C)c(C)c1O3. The molecule has 0 aromatic heterocycles. The van der Waals surface area contributed by atoms with E-state index in [1.165, 1.54) is 77.9 Å². The second-order valence-electron chi connectivity index (χ2n) is 37.6. The average molecular weight is 1530 g/mol. The van der Waals surface area contributed by atoms with Crippen LogP contribution in [0.25, 0.3) is 0 Å². The molecule has 0 fully saturated rings. The van der Waals surface area contributed by atoms with E-state index in [2.05, 4.69) is 202 Å². The van der Waals surface area contributed by atoms with Crippen LogP contribution in [0.3, 0.4) is 0 Å². The highest BCUT2D eigenvalue weighted by molar-refractivity contribution is 5.77. The van der Waals surface area contributed by atoms with Crippen molar-refractivity contribution in [3.05, 3.63) is 206 Å². The van der Waals surface area contributed by atoms with Crippen LogP contribution in [0.1, 0.15) is 255 Å². The molecule has 15 nitrogen and oxygen atoms in total. The number of fused-ring (bicyclic) bond motifs is 18. The van der Waals surface area contributed by atoms with Gasteiger partial charge in [0, 0.05) is 16.2 Å². The van der Waals surface area contributed by atoms with Gasteiger partial charge >= 0.3 is 0 Å². The number of nitriles is 3. The number of methoxy groups -OCH3 is 6. The first-order valence-electron chi connectivity index (χ1n) is 39.7. The Kier molecular flexibility index (Phi) is 17.2.